The van der Waals surface area contributed by atoms with Crippen LogP contribution < -0.4 is 4.90 Å². The van der Waals surface area contributed by atoms with Crippen molar-refractivity contribution >= 4 is 34.2 Å². The second kappa shape index (κ2) is 5.22. The van der Waals surface area contributed by atoms with Gasteiger partial charge in [0.25, 0.3) is 5.91 Å². The van der Waals surface area contributed by atoms with Gasteiger partial charge in [0.15, 0.2) is 0 Å². The van der Waals surface area contributed by atoms with E-state index in [1.807, 2.05) is 25.1 Å². The first-order valence-corrected chi connectivity index (χ1v) is 6.93. The molecule has 0 unspecified atom stereocenters. The van der Waals surface area contributed by atoms with Gasteiger partial charge in [-0.25, -0.2) is 4.98 Å². The van der Waals surface area contributed by atoms with Crippen LogP contribution >= 0.6 is 11.6 Å². The molecule has 1 heterocycles. The Balaban J connectivity index is 1.97. The van der Waals surface area contributed by atoms with Crippen LogP contribution in [0.2, 0.25) is 5.02 Å². The van der Waals surface area contributed by atoms with Crippen molar-refractivity contribution < 1.29 is 4.79 Å². The van der Waals surface area contributed by atoms with Crippen molar-refractivity contribution in [1.82, 2.24) is 9.97 Å². The van der Waals surface area contributed by atoms with Gasteiger partial charge in [0.05, 0.1) is 21.6 Å². The maximum absolute atomic E-state index is 12.5. The molecule has 3 rings (SSSR count). The number of nitrogens with zero attached hydrogens (tertiary/aromatic N) is 2. The number of halogens is 1. The van der Waals surface area contributed by atoms with E-state index in [2.05, 4.69) is 9.97 Å². The van der Waals surface area contributed by atoms with Crippen LogP contribution in [-0.2, 0) is 0 Å². The summed E-state index contributed by atoms with van der Waals surface area (Å²) in [7, 11) is 1.73. The van der Waals surface area contributed by atoms with E-state index < -0.39 is 0 Å². The van der Waals surface area contributed by atoms with Crippen molar-refractivity contribution in [3.63, 3.8) is 0 Å². The average molecular weight is 300 g/mol. The Morgan fingerprint density at radius 1 is 1.24 bits per heavy atom. The summed E-state index contributed by atoms with van der Waals surface area (Å²) in [5, 5.41) is 0.452. The number of aromatic nitrogens is 2. The lowest BCUT2D eigenvalue weighted by Crippen LogP contribution is -2.26. The Labute approximate surface area is 127 Å². The quantitative estimate of drug-likeness (QED) is 0.782. The number of aromatic amines is 1. The molecule has 0 spiro atoms. The zero-order valence-corrected chi connectivity index (χ0v) is 12.5. The number of hydrogen-bond donors (Lipinski definition) is 1. The number of rotatable bonds is 2. The van der Waals surface area contributed by atoms with E-state index in [4.69, 9.17) is 11.6 Å². The smallest absolute Gasteiger partial charge is 0.259 e. The molecule has 0 saturated carbocycles. The number of benzene rings is 2. The highest BCUT2D eigenvalue weighted by atomic mass is 35.5. The second-order valence-electron chi connectivity index (χ2n) is 4.87. The van der Waals surface area contributed by atoms with Crippen molar-refractivity contribution in [2.75, 3.05) is 11.9 Å². The van der Waals surface area contributed by atoms with Crippen LogP contribution in [0.5, 0.6) is 0 Å². The largest absolute Gasteiger partial charge is 0.342 e. The molecule has 1 N–H and O–H groups in total. The first kappa shape index (κ1) is 13.6. The molecule has 21 heavy (non-hydrogen) atoms. The van der Waals surface area contributed by atoms with Gasteiger partial charge in [-0.15, -0.1) is 0 Å². The van der Waals surface area contributed by atoms with Gasteiger partial charge in [-0.1, -0.05) is 23.7 Å². The third-order valence-corrected chi connectivity index (χ3v) is 3.71. The van der Waals surface area contributed by atoms with Gasteiger partial charge >= 0.3 is 0 Å². The van der Waals surface area contributed by atoms with E-state index in [0.717, 1.165) is 22.5 Å². The predicted octanol–water partition coefficient (Wildman–Crippen LogP) is 3.80. The molecule has 0 aliphatic rings. The van der Waals surface area contributed by atoms with Gasteiger partial charge in [0.1, 0.15) is 5.82 Å². The number of H-pyrrole nitrogens is 1. The molecule has 3 aromatic rings. The lowest BCUT2D eigenvalue weighted by atomic mass is 10.2. The molecule has 0 saturated heterocycles. The summed E-state index contributed by atoms with van der Waals surface area (Å²) in [5.41, 5.74) is 3.07. The fraction of sp³-hybridized carbons (Fsp3) is 0.125. The Morgan fingerprint density at radius 2 is 2.00 bits per heavy atom. The van der Waals surface area contributed by atoms with Crippen LogP contribution in [0.15, 0.2) is 42.5 Å². The molecule has 1 amide bonds. The highest BCUT2D eigenvalue weighted by molar-refractivity contribution is 6.34. The van der Waals surface area contributed by atoms with Gasteiger partial charge in [-0.2, -0.15) is 0 Å². The van der Waals surface area contributed by atoms with Crippen LogP contribution in [0, 0.1) is 6.92 Å². The Hall–Kier alpha value is -2.33. The van der Waals surface area contributed by atoms with Crippen LogP contribution in [0.25, 0.3) is 11.0 Å². The second-order valence-corrected chi connectivity index (χ2v) is 5.27. The summed E-state index contributed by atoms with van der Waals surface area (Å²) < 4.78 is 0. The topological polar surface area (TPSA) is 49.0 Å². The lowest BCUT2D eigenvalue weighted by Gasteiger charge is -2.18. The van der Waals surface area contributed by atoms with Gasteiger partial charge in [0.2, 0.25) is 0 Å². The molecule has 2 aromatic carbocycles. The Kier molecular flexibility index (Phi) is 3.39. The predicted molar refractivity (Wildman–Crippen MR) is 85.0 cm³/mol. The fourth-order valence-electron chi connectivity index (χ4n) is 2.27. The van der Waals surface area contributed by atoms with Gasteiger partial charge in [-0.05, 0) is 37.3 Å². The van der Waals surface area contributed by atoms with Crippen LogP contribution in [-0.4, -0.2) is 22.9 Å². The molecular formula is C16H14ClN3O. The minimum atomic E-state index is -0.142. The number of nitrogens with one attached hydrogen (secondary N) is 1. The SMILES string of the molecule is Cc1nc2ccc(N(C)C(=O)c3ccccc3Cl)cc2[nH]1. The van der Waals surface area contributed by atoms with E-state index in [9.17, 15) is 4.79 Å². The van der Waals surface area contributed by atoms with Crippen LogP contribution in [0.3, 0.4) is 0 Å². The molecule has 0 atom stereocenters. The number of fused-ring (bicyclic) bond motifs is 1. The normalized spacial score (nSPS) is 10.8. The zero-order valence-electron chi connectivity index (χ0n) is 11.7. The first-order valence-electron chi connectivity index (χ1n) is 6.55. The summed E-state index contributed by atoms with van der Waals surface area (Å²) >= 11 is 6.09. The minimum absolute atomic E-state index is 0.142. The van der Waals surface area contributed by atoms with Gasteiger partial charge in [-0.3, -0.25) is 4.79 Å². The summed E-state index contributed by atoms with van der Waals surface area (Å²) in [6.07, 6.45) is 0. The highest BCUT2D eigenvalue weighted by Gasteiger charge is 2.16. The molecule has 0 aliphatic heterocycles. The van der Waals surface area contributed by atoms with Gasteiger partial charge in [0, 0.05) is 12.7 Å². The van der Waals surface area contributed by atoms with Crippen molar-refractivity contribution in [3.8, 4) is 0 Å². The van der Waals surface area contributed by atoms with E-state index in [1.54, 1.807) is 36.2 Å². The number of hydrogen-bond acceptors (Lipinski definition) is 2. The van der Waals surface area contributed by atoms with Crippen LogP contribution in [0.4, 0.5) is 5.69 Å². The summed E-state index contributed by atoms with van der Waals surface area (Å²) in [6, 6.07) is 12.7. The fourth-order valence-corrected chi connectivity index (χ4v) is 2.48. The van der Waals surface area contributed by atoms with E-state index in [0.29, 0.717) is 10.6 Å². The minimum Gasteiger partial charge on any atom is -0.342 e. The summed E-state index contributed by atoms with van der Waals surface area (Å²) in [6.45, 7) is 1.90. The zero-order chi connectivity index (χ0) is 15.0. The van der Waals surface area contributed by atoms with E-state index in [-0.39, 0.29) is 5.91 Å². The maximum Gasteiger partial charge on any atom is 0.259 e. The van der Waals surface area contributed by atoms with E-state index in [1.165, 1.54) is 0 Å². The highest BCUT2D eigenvalue weighted by Crippen LogP contribution is 2.23. The molecule has 0 fully saturated rings. The molecule has 5 heteroatoms. The average Bonchev–Trinajstić information content (AvgIpc) is 2.85. The third-order valence-electron chi connectivity index (χ3n) is 3.38. The molecule has 0 aliphatic carbocycles. The Morgan fingerprint density at radius 3 is 2.76 bits per heavy atom. The summed E-state index contributed by atoms with van der Waals surface area (Å²) in [5.74, 6) is 0.707. The number of imidazole rings is 1. The lowest BCUT2D eigenvalue weighted by molar-refractivity contribution is 0.0993. The molecule has 0 radical (unpaired) electrons. The third kappa shape index (κ3) is 2.50. The van der Waals surface area contributed by atoms with Crippen molar-refractivity contribution in [2.45, 2.75) is 6.92 Å². The number of carbonyl (C=O) groups is 1. The molecule has 1 aromatic heterocycles. The van der Waals surface area contributed by atoms with Crippen molar-refractivity contribution in [1.29, 1.82) is 0 Å². The standard InChI is InChI=1S/C16H14ClN3O/c1-10-18-14-8-7-11(9-15(14)19-10)20(2)16(21)12-5-3-4-6-13(12)17/h3-9H,1-2H3,(H,18,19). The number of aryl methyl sites for hydroxylation is 1. The monoisotopic (exact) mass is 299 g/mol. The summed E-state index contributed by atoms with van der Waals surface area (Å²) in [4.78, 5) is 21.6. The van der Waals surface area contributed by atoms with Crippen molar-refractivity contribution in [3.05, 3.63) is 58.9 Å². The number of carbonyl (C=O) groups excluding carboxylic acids is 1. The number of amides is 1. The Bertz CT molecular complexity index is 825. The van der Waals surface area contributed by atoms with Crippen LogP contribution in [0.1, 0.15) is 16.2 Å². The molecule has 4 nitrogen and oxygen atoms in total. The molecular weight excluding hydrogens is 286 g/mol. The first-order chi connectivity index (χ1) is 10.1. The van der Waals surface area contributed by atoms with Crippen molar-refractivity contribution in [2.24, 2.45) is 0 Å². The molecule has 106 valence electrons. The molecule has 0 bridgehead atoms. The number of anilines is 1. The maximum atomic E-state index is 12.5. The van der Waals surface area contributed by atoms with Gasteiger partial charge < -0.3 is 9.88 Å². The van der Waals surface area contributed by atoms with E-state index >= 15 is 0 Å².